The summed E-state index contributed by atoms with van der Waals surface area (Å²) in [5, 5.41) is 11.8. The van der Waals surface area contributed by atoms with Crippen LogP contribution in [0.3, 0.4) is 0 Å². The normalized spacial score (nSPS) is 12.5. The van der Waals surface area contributed by atoms with Gasteiger partial charge in [-0.05, 0) is 41.8 Å². The van der Waals surface area contributed by atoms with Crippen LogP contribution in [0.25, 0.3) is 0 Å². The van der Waals surface area contributed by atoms with E-state index in [9.17, 15) is 5.11 Å². The summed E-state index contributed by atoms with van der Waals surface area (Å²) in [6.45, 7) is 1.96. The minimum Gasteiger partial charge on any atom is -0.388 e. The van der Waals surface area contributed by atoms with Crippen LogP contribution in [0.2, 0.25) is 15.1 Å². The molecule has 0 aliphatic heterocycles. The zero-order valence-corrected chi connectivity index (χ0v) is 12.6. The summed E-state index contributed by atoms with van der Waals surface area (Å²) in [5.41, 5.74) is 2.70. The van der Waals surface area contributed by atoms with Gasteiger partial charge in [0.05, 0.1) is 16.1 Å². The van der Waals surface area contributed by atoms with E-state index in [1.54, 1.807) is 12.1 Å². The van der Waals surface area contributed by atoms with E-state index in [4.69, 9.17) is 34.8 Å². The number of rotatable bonds is 3. The maximum absolute atomic E-state index is 10.2. The lowest BCUT2D eigenvalue weighted by molar-refractivity contribution is 0.178. The first-order valence-corrected chi connectivity index (χ1v) is 6.99. The van der Waals surface area contributed by atoms with E-state index in [1.807, 2.05) is 31.2 Å². The Bertz CT molecular complexity index is 596. The molecular formula is C15H13Cl3O. The average Bonchev–Trinajstić information content (AvgIpc) is 2.33. The van der Waals surface area contributed by atoms with E-state index >= 15 is 0 Å². The first-order chi connectivity index (χ1) is 8.97. The number of hydrogen-bond acceptors (Lipinski definition) is 1. The number of aliphatic hydroxyl groups excluding tert-OH is 1. The molecule has 0 aromatic heterocycles. The molecule has 1 unspecified atom stereocenters. The number of aliphatic hydroxyl groups is 1. The van der Waals surface area contributed by atoms with E-state index in [0.717, 1.165) is 16.7 Å². The summed E-state index contributed by atoms with van der Waals surface area (Å²) in [6.07, 6.45) is -0.218. The highest BCUT2D eigenvalue weighted by Crippen LogP contribution is 2.29. The van der Waals surface area contributed by atoms with Crippen molar-refractivity contribution in [1.29, 1.82) is 0 Å². The van der Waals surface area contributed by atoms with Gasteiger partial charge in [-0.15, -0.1) is 0 Å². The topological polar surface area (TPSA) is 20.2 Å². The second-order valence-electron chi connectivity index (χ2n) is 4.49. The van der Waals surface area contributed by atoms with Gasteiger partial charge in [0.1, 0.15) is 0 Å². The van der Waals surface area contributed by atoms with Crippen LogP contribution in [0, 0.1) is 6.92 Å². The molecule has 100 valence electrons. The van der Waals surface area contributed by atoms with Crippen molar-refractivity contribution in [3.63, 3.8) is 0 Å². The molecule has 0 saturated heterocycles. The molecule has 4 heteroatoms. The van der Waals surface area contributed by atoms with Crippen LogP contribution in [0.4, 0.5) is 0 Å². The molecule has 0 spiro atoms. The third-order valence-corrected chi connectivity index (χ3v) is 3.99. The quantitative estimate of drug-likeness (QED) is 0.822. The Hall–Kier alpha value is -0.730. The SMILES string of the molecule is Cc1ccc(C(O)Cc2ccc(Cl)c(Cl)c2)c(Cl)c1. The van der Waals surface area contributed by atoms with Crippen molar-refractivity contribution in [3.8, 4) is 0 Å². The smallest absolute Gasteiger partial charge is 0.0844 e. The first kappa shape index (κ1) is 14.7. The Morgan fingerprint density at radius 1 is 0.947 bits per heavy atom. The third-order valence-electron chi connectivity index (χ3n) is 2.93. The summed E-state index contributed by atoms with van der Waals surface area (Å²) in [6, 6.07) is 10.9. The number of benzene rings is 2. The van der Waals surface area contributed by atoms with Crippen molar-refractivity contribution >= 4 is 34.8 Å². The number of aryl methyl sites for hydroxylation is 1. The molecule has 1 N–H and O–H groups in total. The molecule has 0 saturated carbocycles. The lowest BCUT2D eigenvalue weighted by Gasteiger charge is -2.13. The Morgan fingerprint density at radius 3 is 2.32 bits per heavy atom. The molecule has 0 heterocycles. The zero-order chi connectivity index (χ0) is 14.0. The average molecular weight is 316 g/mol. The maximum Gasteiger partial charge on any atom is 0.0844 e. The maximum atomic E-state index is 10.2. The Labute approximate surface area is 127 Å². The van der Waals surface area contributed by atoms with E-state index in [-0.39, 0.29) is 0 Å². The Kier molecular flexibility index (Phi) is 4.75. The third kappa shape index (κ3) is 3.64. The lowest BCUT2D eigenvalue weighted by Crippen LogP contribution is -2.02. The molecule has 1 nitrogen and oxygen atoms in total. The Morgan fingerprint density at radius 2 is 1.68 bits per heavy atom. The molecule has 0 fully saturated rings. The van der Waals surface area contributed by atoms with Crippen LogP contribution in [-0.2, 0) is 6.42 Å². The van der Waals surface area contributed by atoms with E-state index in [2.05, 4.69) is 0 Å². The fourth-order valence-corrected chi connectivity index (χ4v) is 2.58. The van der Waals surface area contributed by atoms with Crippen LogP contribution in [0.15, 0.2) is 36.4 Å². The minimum absolute atomic E-state index is 0.444. The van der Waals surface area contributed by atoms with Crippen molar-refractivity contribution < 1.29 is 5.11 Å². The van der Waals surface area contributed by atoms with E-state index < -0.39 is 6.10 Å². The van der Waals surface area contributed by atoms with Gasteiger partial charge >= 0.3 is 0 Å². The Balaban J connectivity index is 2.20. The van der Waals surface area contributed by atoms with Crippen molar-refractivity contribution in [1.82, 2.24) is 0 Å². The fourth-order valence-electron chi connectivity index (χ4n) is 1.90. The molecular weight excluding hydrogens is 303 g/mol. The van der Waals surface area contributed by atoms with Crippen molar-refractivity contribution in [2.45, 2.75) is 19.4 Å². The highest BCUT2D eigenvalue weighted by Gasteiger charge is 2.13. The molecule has 0 amide bonds. The van der Waals surface area contributed by atoms with Crippen LogP contribution in [0.1, 0.15) is 22.8 Å². The van der Waals surface area contributed by atoms with Gasteiger partial charge in [-0.3, -0.25) is 0 Å². The van der Waals surface area contributed by atoms with Gasteiger partial charge in [0, 0.05) is 11.4 Å². The van der Waals surface area contributed by atoms with E-state index in [0.29, 0.717) is 21.5 Å². The number of halogens is 3. The van der Waals surface area contributed by atoms with Gasteiger partial charge in [-0.2, -0.15) is 0 Å². The van der Waals surface area contributed by atoms with Crippen LogP contribution < -0.4 is 0 Å². The van der Waals surface area contributed by atoms with Crippen LogP contribution in [0.5, 0.6) is 0 Å². The van der Waals surface area contributed by atoms with Gasteiger partial charge in [0.15, 0.2) is 0 Å². The van der Waals surface area contributed by atoms with Crippen molar-refractivity contribution in [2.75, 3.05) is 0 Å². The molecule has 19 heavy (non-hydrogen) atoms. The summed E-state index contributed by atoms with van der Waals surface area (Å²) in [5.74, 6) is 0. The van der Waals surface area contributed by atoms with E-state index in [1.165, 1.54) is 0 Å². The second kappa shape index (κ2) is 6.15. The summed E-state index contributed by atoms with van der Waals surface area (Å²) in [4.78, 5) is 0. The molecule has 2 rings (SSSR count). The fraction of sp³-hybridized carbons (Fsp3) is 0.200. The molecule has 0 radical (unpaired) electrons. The molecule has 0 aliphatic carbocycles. The van der Waals surface area contributed by atoms with Gasteiger partial charge in [0.25, 0.3) is 0 Å². The predicted molar refractivity (Wildman–Crippen MR) is 81.3 cm³/mol. The zero-order valence-electron chi connectivity index (χ0n) is 10.3. The van der Waals surface area contributed by atoms with Gasteiger partial charge in [0.2, 0.25) is 0 Å². The van der Waals surface area contributed by atoms with Gasteiger partial charge in [-0.1, -0.05) is 53.0 Å². The lowest BCUT2D eigenvalue weighted by atomic mass is 10.0. The van der Waals surface area contributed by atoms with Crippen molar-refractivity contribution in [3.05, 3.63) is 68.2 Å². The van der Waals surface area contributed by atoms with Crippen molar-refractivity contribution in [2.24, 2.45) is 0 Å². The molecule has 0 aliphatic rings. The highest BCUT2D eigenvalue weighted by molar-refractivity contribution is 6.42. The molecule has 2 aromatic rings. The number of hydrogen-bond donors (Lipinski definition) is 1. The second-order valence-corrected chi connectivity index (χ2v) is 5.71. The first-order valence-electron chi connectivity index (χ1n) is 5.85. The minimum atomic E-state index is -0.662. The molecule has 0 bridgehead atoms. The highest BCUT2D eigenvalue weighted by atomic mass is 35.5. The monoisotopic (exact) mass is 314 g/mol. The molecule has 2 aromatic carbocycles. The van der Waals surface area contributed by atoms with Gasteiger partial charge in [-0.25, -0.2) is 0 Å². The summed E-state index contributed by atoms with van der Waals surface area (Å²) >= 11 is 18.0. The van der Waals surface area contributed by atoms with Crippen LogP contribution in [-0.4, -0.2) is 5.11 Å². The summed E-state index contributed by atoms with van der Waals surface area (Å²) in [7, 11) is 0. The summed E-state index contributed by atoms with van der Waals surface area (Å²) < 4.78 is 0. The molecule has 1 atom stereocenters. The largest absolute Gasteiger partial charge is 0.388 e. The van der Waals surface area contributed by atoms with Gasteiger partial charge < -0.3 is 5.11 Å². The standard InChI is InChI=1S/C15H13Cl3O/c1-9-2-4-11(13(17)6-9)15(19)8-10-3-5-12(16)14(18)7-10/h2-7,15,19H,8H2,1H3. The van der Waals surface area contributed by atoms with Crippen LogP contribution >= 0.6 is 34.8 Å². The predicted octanol–water partition coefficient (Wildman–Crippen LogP) is 5.23.